The zero-order chi connectivity index (χ0) is 18.8. The standard InChI is InChI=1S/C19H15BrClNO4/c1-3-25-19(24)17-18(26-11(2)23)15-9-12(20)7-8-16(15)22(17)14-6-4-5-13(21)10-14/h4-10H,3H2,1-2H3. The number of halogens is 2. The fourth-order valence-corrected chi connectivity index (χ4v) is 3.29. The second-order valence-corrected chi connectivity index (χ2v) is 6.82. The van der Waals surface area contributed by atoms with Crippen LogP contribution in [0.2, 0.25) is 5.02 Å². The summed E-state index contributed by atoms with van der Waals surface area (Å²) in [6.07, 6.45) is 0. The third-order valence-corrected chi connectivity index (χ3v) is 4.39. The van der Waals surface area contributed by atoms with Gasteiger partial charge in [0.05, 0.1) is 12.1 Å². The number of fused-ring (bicyclic) bond motifs is 1. The molecule has 0 aliphatic rings. The van der Waals surface area contributed by atoms with Crippen LogP contribution >= 0.6 is 27.5 Å². The van der Waals surface area contributed by atoms with Gasteiger partial charge in [-0.05, 0) is 43.3 Å². The summed E-state index contributed by atoms with van der Waals surface area (Å²) in [5.74, 6) is -0.955. The minimum absolute atomic E-state index is 0.136. The van der Waals surface area contributed by atoms with Crippen LogP contribution < -0.4 is 4.74 Å². The fourth-order valence-electron chi connectivity index (χ4n) is 2.75. The highest BCUT2D eigenvalue weighted by molar-refractivity contribution is 9.10. The number of aromatic nitrogens is 1. The topological polar surface area (TPSA) is 57.5 Å². The smallest absolute Gasteiger partial charge is 0.359 e. The van der Waals surface area contributed by atoms with Crippen molar-refractivity contribution in [1.29, 1.82) is 0 Å². The number of esters is 2. The number of carbonyl (C=O) groups is 2. The molecule has 0 aliphatic heterocycles. The molecular weight excluding hydrogens is 422 g/mol. The molecule has 1 aromatic heterocycles. The van der Waals surface area contributed by atoms with E-state index in [9.17, 15) is 9.59 Å². The third-order valence-electron chi connectivity index (χ3n) is 3.66. The second kappa shape index (κ2) is 7.51. The molecule has 0 spiro atoms. The first kappa shape index (κ1) is 18.5. The number of benzene rings is 2. The van der Waals surface area contributed by atoms with E-state index in [4.69, 9.17) is 21.1 Å². The van der Waals surface area contributed by atoms with E-state index in [1.165, 1.54) is 6.92 Å². The van der Waals surface area contributed by atoms with Crippen LogP contribution in [0.1, 0.15) is 24.3 Å². The Morgan fingerprint density at radius 2 is 1.96 bits per heavy atom. The molecule has 26 heavy (non-hydrogen) atoms. The molecule has 0 saturated carbocycles. The molecule has 0 fully saturated rings. The van der Waals surface area contributed by atoms with Crippen molar-refractivity contribution in [2.24, 2.45) is 0 Å². The Kier molecular flexibility index (Phi) is 5.34. The summed E-state index contributed by atoms with van der Waals surface area (Å²) in [7, 11) is 0. The molecule has 3 rings (SSSR count). The van der Waals surface area contributed by atoms with E-state index in [1.54, 1.807) is 35.8 Å². The van der Waals surface area contributed by atoms with Gasteiger partial charge in [-0.2, -0.15) is 0 Å². The Balaban J connectivity index is 2.42. The van der Waals surface area contributed by atoms with Gasteiger partial charge in [0.1, 0.15) is 0 Å². The molecule has 0 aliphatic carbocycles. The molecule has 2 aromatic carbocycles. The SMILES string of the molecule is CCOC(=O)c1c(OC(C)=O)c2cc(Br)ccc2n1-c1cccc(Cl)c1. The fraction of sp³-hybridized carbons (Fsp3) is 0.158. The maximum Gasteiger partial charge on any atom is 0.359 e. The van der Waals surface area contributed by atoms with Crippen molar-refractivity contribution in [3.8, 4) is 11.4 Å². The van der Waals surface area contributed by atoms with Crippen molar-refractivity contribution >= 4 is 50.4 Å². The zero-order valence-corrected chi connectivity index (χ0v) is 16.4. The molecule has 0 N–H and O–H groups in total. The van der Waals surface area contributed by atoms with Crippen molar-refractivity contribution in [2.75, 3.05) is 6.61 Å². The lowest BCUT2D eigenvalue weighted by Gasteiger charge is -2.11. The zero-order valence-electron chi connectivity index (χ0n) is 14.1. The summed E-state index contributed by atoms with van der Waals surface area (Å²) in [5, 5.41) is 1.13. The molecule has 0 saturated heterocycles. The summed E-state index contributed by atoms with van der Waals surface area (Å²) in [6.45, 7) is 3.20. The van der Waals surface area contributed by atoms with Crippen LogP contribution in [-0.2, 0) is 9.53 Å². The van der Waals surface area contributed by atoms with E-state index in [-0.39, 0.29) is 18.1 Å². The average molecular weight is 437 g/mol. The predicted octanol–water partition coefficient (Wildman–Crippen LogP) is 5.15. The lowest BCUT2D eigenvalue weighted by atomic mass is 10.2. The summed E-state index contributed by atoms with van der Waals surface area (Å²) in [4.78, 5) is 24.4. The maximum atomic E-state index is 12.7. The van der Waals surface area contributed by atoms with Gasteiger partial charge >= 0.3 is 11.9 Å². The maximum absolute atomic E-state index is 12.7. The van der Waals surface area contributed by atoms with Crippen LogP contribution in [0.4, 0.5) is 0 Å². The molecule has 5 nitrogen and oxygen atoms in total. The van der Waals surface area contributed by atoms with Crippen molar-refractivity contribution in [2.45, 2.75) is 13.8 Å². The summed E-state index contributed by atoms with van der Waals surface area (Å²) < 4.78 is 13.1. The normalized spacial score (nSPS) is 10.8. The molecule has 0 atom stereocenters. The van der Waals surface area contributed by atoms with E-state index >= 15 is 0 Å². The van der Waals surface area contributed by atoms with E-state index in [1.807, 2.05) is 18.2 Å². The van der Waals surface area contributed by atoms with E-state index < -0.39 is 11.9 Å². The van der Waals surface area contributed by atoms with Crippen LogP contribution in [0.15, 0.2) is 46.9 Å². The number of carbonyl (C=O) groups excluding carboxylic acids is 2. The van der Waals surface area contributed by atoms with Gasteiger partial charge in [0, 0.05) is 27.5 Å². The highest BCUT2D eigenvalue weighted by atomic mass is 79.9. The first-order chi connectivity index (χ1) is 12.4. The third kappa shape index (κ3) is 3.48. The number of rotatable bonds is 4. The number of hydrogen-bond donors (Lipinski definition) is 0. The Morgan fingerprint density at radius 1 is 1.19 bits per heavy atom. The van der Waals surface area contributed by atoms with Crippen LogP contribution in [0.25, 0.3) is 16.6 Å². The van der Waals surface area contributed by atoms with Crippen molar-refractivity contribution in [3.05, 3.63) is 57.7 Å². The van der Waals surface area contributed by atoms with Gasteiger partial charge in [-0.3, -0.25) is 4.79 Å². The van der Waals surface area contributed by atoms with Crippen LogP contribution in [0.5, 0.6) is 5.75 Å². The quantitative estimate of drug-likeness (QED) is 0.531. The molecule has 0 bridgehead atoms. The lowest BCUT2D eigenvalue weighted by molar-refractivity contribution is -0.131. The van der Waals surface area contributed by atoms with Crippen LogP contribution in [0.3, 0.4) is 0 Å². The number of ether oxygens (including phenoxy) is 2. The highest BCUT2D eigenvalue weighted by Gasteiger charge is 2.27. The molecule has 134 valence electrons. The average Bonchev–Trinajstić information content (AvgIpc) is 2.88. The Morgan fingerprint density at radius 3 is 2.62 bits per heavy atom. The summed E-state index contributed by atoms with van der Waals surface area (Å²) in [5.41, 5.74) is 1.48. The lowest BCUT2D eigenvalue weighted by Crippen LogP contribution is -2.14. The molecule has 1 heterocycles. The Labute approximate surface area is 163 Å². The highest BCUT2D eigenvalue weighted by Crippen LogP contribution is 2.38. The first-order valence-corrected chi connectivity index (χ1v) is 9.05. The van der Waals surface area contributed by atoms with E-state index in [0.717, 1.165) is 4.47 Å². The van der Waals surface area contributed by atoms with Gasteiger partial charge in [-0.25, -0.2) is 4.79 Å². The van der Waals surface area contributed by atoms with Crippen molar-refractivity contribution in [3.63, 3.8) is 0 Å². The monoisotopic (exact) mass is 435 g/mol. The molecule has 3 aromatic rings. The number of hydrogen-bond acceptors (Lipinski definition) is 4. The minimum atomic E-state index is -0.587. The Hall–Kier alpha value is -2.31. The van der Waals surface area contributed by atoms with Crippen LogP contribution in [-0.4, -0.2) is 23.1 Å². The number of nitrogens with zero attached hydrogens (tertiary/aromatic N) is 1. The van der Waals surface area contributed by atoms with E-state index in [0.29, 0.717) is 21.6 Å². The van der Waals surface area contributed by atoms with E-state index in [2.05, 4.69) is 15.9 Å². The molecule has 0 radical (unpaired) electrons. The van der Waals surface area contributed by atoms with Gasteiger partial charge in [0.25, 0.3) is 0 Å². The molecular formula is C19H15BrClNO4. The van der Waals surface area contributed by atoms with Gasteiger partial charge in [-0.15, -0.1) is 0 Å². The second-order valence-electron chi connectivity index (χ2n) is 5.47. The molecule has 0 unspecified atom stereocenters. The molecule has 0 amide bonds. The summed E-state index contributed by atoms with van der Waals surface area (Å²) in [6, 6.07) is 12.5. The van der Waals surface area contributed by atoms with Crippen molar-refractivity contribution in [1.82, 2.24) is 4.57 Å². The van der Waals surface area contributed by atoms with Gasteiger partial charge < -0.3 is 14.0 Å². The van der Waals surface area contributed by atoms with Crippen LogP contribution in [0, 0.1) is 0 Å². The first-order valence-electron chi connectivity index (χ1n) is 7.87. The molecule has 7 heteroatoms. The Bertz CT molecular complexity index is 1010. The van der Waals surface area contributed by atoms with Gasteiger partial charge in [-0.1, -0.05) is 33.6 Å². The van der Waals surface area contributed by atoms with Gasteiger partial charge in [0.2, 0.25) is 0 Å². The largest absolute Gasteiger partial charge is 0.461 e. The minimum Gasteiger partial charge on any atom is -0.461 e. The predicted molar refractivity (Wildman–Crippen MR) is 103 cm³/mol. The summed E-state index contributed by atoms with van der Waals surface area (Å²) >= 11 is 9.55. The van der Waals surface area contributed by atoms with Gasteiger partial charge in [0.15, 0.2) is 11.4 Å². The van der Waals surface area contributed by atoms with Crippen molar-refractivity contribution < 1.29 is 19.1 Å².